The Morgan fingerprint density at radius 2 is 1.76 bits per heavy atom. The van der Waals surface area contributed by atoms with Crippen LogP contribution in [0.3, 0.4) is 0 Å². The van der Waals surface area contributed by atoms with Crippen LogP contribution in [0.15, 0.2) is 41.3 Å². The summed E-state index contributed by atoms with van der Waals surface area (Å²) in [5.74, 6) is -3.17. The van der Waals surface area contributed by atoms with Gasteiger partial charge in [0.25, 0.3) is 0 Å². The molecule has 2 aromatic carbocycles. The summed E-state index contributed by atoms with van der Waals surface area (Å²) in [6.07, 6.45) is 0.269. The first-order valence-corrected chi connectivity index (χ1v) is 11.4. The molecular weight excluding hydrogens is 461 g/mol. The lowest BCUT2D eigenvalue weighted by atomic mass is 9.97. The van der Waals surface area contributed by atoms with Gasteiger partial charge in [0.05, 0.1) is 11.4 Å². The van der Waals surface area contributed by atoms with E-state index < -0.39 is 44.2 Å². The van der Waals surface area contributed by atoms with Gasteiger partial charge in [-0.2, -0.15) is 8.99 Å². The molecule has 1 amide bonds. The second-order valence-electron chi connectivity index (χ2n) is 7.54. The third kappa shape index (κ3) is 4.59. The molecule has 13 heteroatoms. The molecular formula is C20H19F3N6O3S. The molecule has 1 saturated heterocycles. The zero-order valence-electron chi connectivity index (χ0n) is 17.4. The van der Waals surface area contributed by atoms with Crippen LogP contribution in [-0.4, -0.2) is 51.9 Å². The van der Waals surface area contributed by atoms with E-state index in [0.717, 1.165) is 16.4 Å². The summed E-state index contributed by atoms with van der Waals surface area (Å²) in [6.45, 7) is 1.53. The van der Waals surface area contributed by atoms with Gasteiger partial charge in [-0.1, -0.05) is 0 Å². The molecule has 33 heavy (non-hydrogen) atoms. The van der Waals surface area contributed by atoms with Crippen molar-refractivity contribution in [2.45, 2.75) is 24.7 Å². The number of amides is 1. The number of hydrogen-bond donors (Lipinski definition) is 1. The highest BCUT2D eigenvalue weighted by atomic mass is 32.2. The Morgan fingerprint density at radius 3 is 2.42 bits per heavy atom. The molecule has 0 unspecified atom stereocenters. The van der Waals surface area contributed by atoms with Gasteiger partial charge in [0.1, 0.15) is 22.3 Å². The van der Waals surface area contributed by atoms with Crippen LogP contribution in [-0.2, 0) is 14.8 Å². The maximum atomic E-state index is 14.3. The van der Waals surface area contributed by atoms with Gasteiger partial charge in [-0.15, -0.1) is 5.10 Å². The molecule has 4 rings (SSSR count). The number of aryl methyl sites for hydroxylation is 1. The number of anilines is 1. The molecule has 174 valence electrons. The maximum Gasteiger partial charge on any atom is 0.246 e. The second-order valence-corrected chi connectivity index (χ2v) is 9.45. The minimum Gasteiger partial charge on any atom is -0.323 e. The average molecular weight is 480 g/mol. The van der Waals surface area contributed by atoms with E-state index in [1.165, 1.54) is 22.9 Å². The molecule has 0 spiro atoms. The van der Waals surface area contributed by atoms with Crippen molar-refractivity contribution in [3.05, 3.63) is 59.7 Å². The van der Waals surface area contributed by atoms with Crippen molar-refractivity contribution in [2.75, 3.05) is 18.4 Å². The first kappa shape index (κ1) is 22.9. The lowest BCUT2D eigenvalue weighted by molar-refractivity contribution is -0.120. The summed E-state index contributed by atoms with van der Waals surface area (Å²) < 4.78 is 69.5. The lowest BCUT2D eigenvalue weighted by Crippen LogP contribution is -2.41. The molecule has 0 saturated carbocycles. The van der Waals surface area contributed by atoms with E-state index in [9.17, 15) is 26.4 Å². The SMILES string of the molecule is Cc1nnnn1-c1ccc(F)c(NC(=O)C2CCN(S(=O)(=O)c3cc(F)ccc3F)CC2)c1. The molecule has 0 atom stereocenters. The Balaban J connectivity index is 1.44. The number of rotatable bonds is 5. The standard InChI is InChI=1S/C20H19F3N6O3S/c1-12-25-26-27-29(12)15-3-5-16(22)18(11-15)24-20(30)13-6-8-28(9-7-13)33(31,32)19-10-14(21)2-4-17(19)23/h2-5,10-11,13H,6-9H2,1H3,(H,24,30). The van der Waals surface area contributed by atoms with E-state index in [-0.39, 0.29) is 31.6 Å². The van der Waals surface area contributed by atoms with Gasteiger partial charge in [-0.3, -0.25) is 4.79 Å². The quantitative estimate of drug-likeness (QED) is 0.601. The zero-order valence-corrected chi connectivity index (χ0v) is 18.2. The Morgan fingerprint density at radius 1 is 1.06 bits per heavy atom. The summed E-state index contributed by atoms with van der Waals surface area (Å²) in [4.78, 5) is 12.0. The zero-order chi connectivity index (χ0) is 23.8. The topological polar surface area (TPSA) is 110 Å². The van der Waals surface area contributed by atoms with Crippen molar-refractivity contribution in [1.82, 2.24) is 24.5 Å². The van der Waals surface area contributed by atoms with E-state index >= 15 is 0 Å². The number of piperidine rings is 1. The lowest BCUT2D eigenvalue weighted by Gasteiger charge is -2.30. The largest absolute Gasteiger partial charge is 0.323 e. The van der Waals surface area contributed by atoms with Gasteiger partial charge in [0.15, 0.2) is 5.82 Å². The molecule has 1 aliphatic rings. The van der Waals surface area contributed by atoms with Crippen LogP contribution in [0, 0.1) is 30.3 Å². The molecule has 3 aromatic rings. The number of carbonyl (C=O) groups excluding carboxylic acids is 1. The Kier molecular flexibility index (Phi) is 6.17. The molecule has 0 aliphatic carbocycles. The number of carbonyl (C=O) groups is 1. The van der Waals surface area contributed by atoms with Crippen molar-refractivity contribution in [2.24, 2.45) is 5.92 Å². The van der Waals surface area contributed by atoms with Crippen LogP contribution >= 0.6 is 0 Å². The fourth-order valence-electron chi connectivity index (χ4n) is 3.62. The third-order valence-corrected chi connectivity index (χ3v) is 7.33. The van der Waals surface area contributed by atoms with E-state index in [1.54, 1.807) is 6.92 Å². The van der Waals surface area contributed by atoms with Crippen LogP contribution in [0.5, 0.6) is 0 Å². The van der Waals surface area contributed by atoms with E-state index in [2.05, 4.69) is 20.8 Å². The molecule has 9 nitrogen and oxygen atoms in total. The van der Waals surface area contributed by atoms with Crippen molar-refractivity contribution in [3.8, 4) is 5.69 Å². The fraction of sp³-hybridized carbons (Fsp3) is 0.300. The summed E-state index contributed by atoms with van der Waals surface area (Å²) in [5.41, 5.74) is 0.386. The highest BCUT2D eigenvalue weighted by Gasteiger charge is 2.34. The molecule has 1 fully saturated rings. The molecule has 0 bridgehead atoms. The number of nitrogens with zero attached hydrogens (tertiary/aromatic N) is 5. The first-order valence-electron chi connectivity index (χ1n) is 9.98. The summed E-state index contributed by atoms with van der Waals surface area (Å²) in [7, 11) is -4.26. The van der Waals surface area contributed by atoms with Crippen LogP contribution in [0.25, 0.3) is 5.69 Å². The molecule has 1 N–H and O–H groups in total. The minimum atomic E-state index is -4.26. The predicted molar refractivity (Wildman–Crippen MR) is 110 cm³/mol. The van der Waals surface area contributed by atoms with Crippen LogP contribution in [0.2, 0.25) is 0 Å². The van der Waals surface area contributed by atoms with Gasteiger partial charge in [-0.05, 0) is 66.6 Å². The molecule has 1 aliphatic heterocycles. The Bertz CT molecular complexity index is 1310. The summed E-state index contributed by atoms with van der Waals surface area (Å²) in [5, 5.41) is 13.6. The smallest absolute Gasteiger partial charge is 0.246 e. The Hall–Kier alpha value is -3.32. The van der Waals surface area contributed by atoms with Crippen molar-refractivity contribution < 1.29 is 26.4 Å². The average Bonchev–Trinajstić information content (AvgIpc) is 3.22. The second kappa shape index (κ2) is 8.90. The van der Waals surface area contributed by atoms with Gasteiger partial charge < -0.3 is 5.32 Å². The fourth-order valence-corrected chi connectivity index (χ4v) is 5.16. The van der Waals surface area contributed by atoms with Crippen molar-refractivity contribution in [3.63, 3.8) is 0 Å². The predicted octanol–water partition coefficient (Wildman–Crippen LogP) is 2.43. The molecule has 2 heterocycles. The van der Waals surface area contributed by atoms with E-state index in [4.69, 9.17) is 0 Å². The first-order chi connectivity index (χ1) is 15.7. The van der Waals surface area contributed by atoms with Crippen molar-refractivity contribution >= 4 is 21.6 Å². The Labute approximate surface area is 187 Å². The number of sulfonamides is 1. The van der Waals surface area contributed by atoms with Crippen LogP contribution in [0.1, 0.15) is 18.7 Å². The summed E-state index contributed by atoms with van der Waals surface area (Å²) in [6, 6.07) is 6.24. The van der Waals surface area contributed by atoms with Gasteiger partial charge in [-0.25, -0.2) is 21.6 Å². The highest BCUT2D eigenvalue weighted by molar-refractivity contribution is 7.89. The van der Waals surface area contributed by atoms with Crippen LogP contribution < -0.4 is 5.32 Å². The minimum absolute atomic E-state index is 0.0655. The van der Waals surface area contributed by atoms with Crippen molar-refractivity contribution in [1.29, 1.82) is 0 Å². The summed E-state index contributed by atoms with van der Waals surface area (Å²) >= 11 is 0. The number of halogens is 3. The number of nitrogens with one attached hydrogen (secondary N) is 1. The van der Waals surface area contributed by atoms with Gasteiger partial charge in [0.2, 0.25) is 15.9 Å². The normalized spacial score (nSPS) is 15.5. The number of hydrogen-bond acceptors (Lipinski definition) is 6. The van der Waals surface area contributed by atoms with E-state index in [0.29, 0.717) is 17.6 Å². The number of benzene rings is 2. The van der Waals surface area contributed by atoms with Crippen LogP contribution in [0.4, 0.5) is 18.9 Å². The maximum absolute atomic E-state index is 14.3. The monoisotopic (exact) mass is 480 g/mol. The molecule has 0 radical (unpaired) electrons. The third-order valence-electron chi connectivity index (χ3n) is 5.41. The number of tetrazole rings is 1. The highest BCUT2D eigenvalue weighted by Crippen LogP contribution is 2.27. The number of aromatic nitrogens is 4. The van der Waals surface area contributed by atoms with E-state index in [1.807, 2.05) is 0 Å². The van der Waals surface area contributed by atoms with Gasteiger partial charge >= 0.3 is 0 Å². The van der Waals surface area contributed by atoms with Gasteiger partial charge in [0, 0.05) is 19.0 Å². The molecule has 1 aromatic heterocycles.